The highest BCUT2D eigenvalue weighted by Gasteiger charge is 2.19. The highest BCUT2D eigenvalue weighted by atomic mass is 32.1. The number of thiazole rings is 1. The number of urea groups is 1. The minimum Gasteiger partial charge on any atom is -0.481 e. The van der Waals surface area contributed by atoms with Crippen molar-refractivity contribution in [1.29, 1.82) is 0 Å². The van der Waals surface area contributed by atoms with E-state index < -0.39 is 5.91 Å². The molecule has 0 aromatic carbocycles. The second kappa shape index (κ2) is 9.29. The van der Waals surface area contributed by atoms with Crippen LogP contribution in [0.3, 0.4) is 0 Å². The highest BCUT2D eigenvalue weighted by Crippen LogP contribution is 2.38. The standard InChI is InChI=1S/C19H21N7O3S/c1-4-21-19(28)25-15-6-13(18-24-10(2)9-30-18)14(8-22-15)12-5-11(16(27)26-20)7-23-17(12)29-3/h5-9H,4,20H2,1-3H3,(H,26,27)(H2,21,22,25,28). The molecule has 3 rings (SSSR count). The molecule has 3 amide bonds. The molecule has 5 N–H and O–H groups in total. The van der Waals surface area contributed by atoms with Gasteiger partial charge in [-0.1, -0.05) is 0 Å². The van der Waals surface area contributed by atoms with Crippen molar-refractivity contribution in [2.45, 2.75) is 13.8 Å². The number of hydrazine groups is 1. The van der Waals surface area contributed by atoms with Crippen LogP contribution in [0.4, 0.5) is 10.6 Å². The lowest BCUT2D eigenvalue weighted by Gasteiger charge is -2.14. The second-order valence-corrected chi connectivity index (χ2v) is 7.01. The molecule has 0 aliphatic heterocycles. The third kappa shape index (κ3) is 4.53. The maximum Gasteiger partial charge on any atom is 0.320 e. The van der Waals surface area contributed by atoms with Gasteiger partial charge in [0.05, 0.1) is 12.7 Å². The van der Waals surface area contributed by atoms with Gasteiger partial charge >= 0.3 is 6.03 Å². The zero-order valence-corrected chi connectivity index (χ0v) is 17.5. The molecule has 0 saturated heterocycles. The van der Waals surface area contributed by atoms with Crippen molar-refractivity contribution in [1.82, 2.24) is 25.7 Å². The zero-order chi connectivity index (χ0) is 21.7. The molecule has 156 valence electrons. The predicted octanol–water partition coefficient (Wildman–Crippen LogP) is 2.33. The Balaban J connectivity index is 2.16. The number of carbonyl (C=O) groups excluding carboxylic acids is 2. The van der Waals surface area contributed by atoms with E-state index in [0.717, 1.165) is 10.7 Å². The number of amides is 3. The Morgan fingerprint density at radius 2 is 1.97 bits per heavy atom. The van der Waals surface area contributed by atoms with Crippen LogP contribution in [0.25, 0.3) is 21.7 Å². The van der Waals surface area contributed by atoms with Gasteiger partial charge in [-0.15, -0.1) is 11.3 Å². The first-order valence-electron chi connectivity index (χ1n) is 8.99. The zero-order valence-electron chi connectivity index (χ0n) is 16.6. The highest BCUT2D eigenvalue weighted by molar-refractivity contribution is 7.13. The first-order valence-corrected chi connectivity index (χ1v) is 9.87. The molecular weight excluding hydrogens is 406 g/mol. The number of aromatic nitrogens is 3. The first-order chi connectivity index (χ1) is 14.5. The van der Waals surface area contributed by atoms with Crippen molar-refractivity contribution in [2.24, 2.45) is 5.84 Å². The molecular formula is C19H21N7O3S. The molecule has 3 aromatic rings. The van der Waals surface area contributed by atoms with Gasteiger partial charge in [-0.3, -0.25) is 15.5 Å². The fraction of sp³-hybridized carbons (Fsp3) is 0.211. The molecule has 0 aliphatic rings. The Kier molecular flexibility index (Phi) is 6.54. The molecule has 10 nitrogen and oxygen atoms in total. The molecule has 0 fully saturated rings. The van der Waals surface area contributed by atoms with Gasteiger partial charge in [0, 0.05) is 46.7 Å². The van der Waals surface area contributed by atoms with Crippen LogP contribution >= 0.6 is 11.3 Å². The Labute approximate surface area is 176 Å². The summed E-state index contributed by atoms with van der Waals surface area (Å²) in [6.07, 6.45) is 2.95. The normalized spacial score (nSPS) is 10.4. The van der Waals surface area contributed by atoms with E-state index in [9.17, 15) is 9.59 Å². The average Bonchev–Trinajstić information content (AvgIpc) is 3.19. The largest absolute Gasteiger partial charge is 0.481 e. The van der Waals surface area contributed by atoms with E-state index in [-0.39, 0.29) is 11.6 Å². The van der Waals surface area contributed by atoms with Gasteiger partial charge in [0.2, 0.25) is 5.88 Å². The number of nitrogen functional groups attached to an aromatic ring is 1. The Morgan fingerprint density at radius 3 is 2.60 bits per heavy atom. The summed E-state index contributed by atoms with van der Waals surface area (Å²) in [6.45, 7) is 4.20. The average molecular weight is 427 g/mol. The van der Waals surface area contributed by atoms with Crippen LogP contribution in [-0.2, 0) is 0 Å². The molecule has 11 heteroatoms. The SMILES string of the molecule is CCNC(=O)Nc1cc(-c2nc(C)cs2)c(-c2cc(C(=O)NN)cnc2OC)cn1. The maximum absolute atomic E-state index is 12.0. The third-order valence-corrected chi connectivity index (χ3v) is 5.05. The summed E-state index contributed by atoms with van der Waals surface area (Å²) in [5, 5.41) is 8.00. The fourth-order valence-corrected chi connectivity index (χ4v) is 3.56. The van der Waals surface area contributed by atoms with E-state index in [0.29, 0.717) is 34.9 Å². The summed E-state index contributed by atoms with van der Waals surface area (Å²) in [4.78, 5) is 37.0. The summed E-state index contributed by atoms with van der Waals surface area (Å²) < 4.78 is 5.39. The Hall–Kier alpha value is -3.57. The Morgan fingerprint density at radius 1 is 1.17 bits per heavy atom. The number of nitrogens with one attached hydrogen (secondary N) is 3. The van der Waals surface area contributed by atoms with Crippen LogP contribution in [0.2, 0.25) is 0 Å². The molecule has 0 aliphatic carbocycles. The maximum atomic E-state index is 12.0. The van der Waals surface area contributed by atoms with E-state index in [2.05, 4.69) is 31.0 Å². The van der Waals surface area contributed by atoms with Crippen molar-refractivity contribution in [2.75, 3.05) is 19.0 Å². The first kappa shape index (κ1) is 21.1. The van der Waals surface area contributed by atoms with Crippen LogP contribution in [-0.4, -0.2) is 40.5 Å². The van der Waals surface area contributed by atoms with Crippen LogP contribution < -0.4 is 26.6 Å². The topological polar surface area (TPSA) is 144 Å². The minimum absolute atomic E-state index is 0.263. The molecule has 30 heavy (non-hydrogen) atoms. The number of methoxy groups -OCH3 is 1. The number of carbonyl (C=O) groups is 2. The van der Waals surface area contributed by atoms with E-state index in [1.165, 1.54) is 24.6 Å². The number of aryl methyl sites for hydroxylation is 1. The molecule has 0 atom stereocenters. The minimum atomic E-state index is -0.486. The monoisotopic (exact) mass is 427 g/mol. The number of rotatable bonds is 6. The van der Waals surface area contributed by atoms with Gasteiger partial charge < -0.3 is 10.1 Å². The lowest BCUT2D eigenvalue weighted by Crippen LogP contribution is -2.30. The molecule has 0 bridgehead atoms. The van der Waals surface area contributed by atoms with Crippen LogP contribution in [0.1, 0.15) is 23.0 Å². The molecule has 0 spiro atoms. The van der Waals surface area contributed by atoms with E-state index in [4.69, 9.17) is 10.6 Å². The number of nitrogens with two attached hydrogens (primary N) is 1. The van der Waals surface area contributed by atoms with E-state index in [1.54, 1.807) is 18.3 Å². The number of anilines is 1. The molecule has 0 radical (unpaired) electrons. The van der Waals surface area contributed by atoms with E-state index in [1.807, 2.05) is 19.2 Å². The second-order valence-electron chi connectivity index (χ2n) is 6.15. The summed E-state index contributed by atoms with van der Waals surface area (Å²) in [5.74, 6) is 5.43. The van der Waals surface area contributed by atoms with Crippen molar-refractivity contribution in [3.8, 4) is 27.6 Å². The van der Waals surface area contributed by atoms with Crippen LogP contribution in [0.5, 0.6) is 5.88 Å². The number of hydrogen-bond donors (Lipinski definition) is 4. The predicted molar refractivity (Wildman–Crippen MR) is 114 cm³/mol. The van der Waals surface area contributed by atoms with Gasteiger partial charge in [0.15, 0.2) is 0 Å². The lowest BCUT2D eigenvalue weighted by atomic mass is 10.0. The molecule has 3 aromatic heterocycles. The van der Waals surface area contributed by atoms with Crippen molar-refractivity contribution >= 4 is 29.1 Å². The van der Waals surface area contributed by atoms with Gasteiger partial charge in [0.1, 0.15) is 10.8 Å². The lowest BCUT2D eigenvalue weighted by molar-refractivity contribution is 0.0953. The molecule has 0 saturated carbocycles. The number of pyridine rings is 2. The summed E-state index contributed by atoms with van der Waals surface area (Å²) in [7, 11) is 1.49. The van der Waals surface area contributed by atoms with E-state index >= 15 is 0 Å². The Bertz CT molecular complexity index is 1080. The van der Waals surface area contributed by atoms with Gasteiger partial charge in [-0.05, 0) is 26.0 Å². The van der Waals surface area contributed by atoms with Crippen molar-refractivity contribution in [3.05, 3.63) is 41.2 Å². The van der Waals surface area contributed by atoms with Crippen molar-refractivity contribution in [3.63, 3.8) is 0 Å². The van der Waals surface area contributed by atoms with Crippen molar-refractivity contribution < 1.29 is 14.3 Å². The molecule has 0 unspecified atom stereocenters. The molecule has 3 heterocycles. The smallest absolute Gasteiger partial charge is 0.320 e. The van der Waals surface area contributed by atoms with Crippen LogP contribution in [0, 0.1) is 6.92 Å². The van der Waals surface area contributed by atoms with Gasteiger partial charge in [0.25, 0.3) is 5.91 Å². The summed E-state index contributed by atoms with van der Waals surface area (Å²) in [5.41, 5.74) is 5.10. The number of nitrogens with zero attached hydrogens (tertiary/aromatic N) is 3. The summed E-state index contributed by atoms with van der Waals surface area (Å²) >= 11 is 1.45. The van der Waals surface area contributed by atoms with Crippen LogP contribution in [0.15, 0.2) is 29.9 Å². The number of hydrogen-bond acceptors (Lipinski definition) is 8. The van der Waals surface area contributed by atoms with Gasteiger partial charge in [-0.25, -0.2) is 25.6 Å². The summed E-state index contributed by atoms with van der Waals surface area (Å²) in [6, 6.07) is 2.98. The van der Waals surface area contributed by atoms with Gasteiger partial charge in [-0.2, -0.15) is 0 Å². The number of ether oxygens (including phenoxy) is 1. The quantitative estimate of drug-likeness (QED) is 0.268. The third-order valence-electron chi connectivity index (χ3n) is 4.06. The fourth-order valence-electron chi connectivity index (χ4n) is 2.73.